The fourth-order valence-corrected chi connectivity index (χ4v) is 0.543. The molecule has 5 nitrogen and oxygen atoms in total. The van der Waals surface area contributed by atoms with E-state index in [4.69, 9.17) is 10.8 Å². The van der Waals surface area contributed by atoms with Crippen molar-refractivity contribution < 1.29 is 4.79 Å². The van der Waals surface area contributed by atoms with Crippen LogP contribution in [0.1, 0.15) is 20.3 Å². The summed E-state index contributed by atoms with van der Waals surface area (Å²) in [4.78, 5) is 10.3. The van der Waals surface area contributed by atoms with Crippen LogP contribution in [0.25, 0.3) is 0 Å². The molecule has 1 atom stereocenters. The van der Waals surface area contributed by atoms with Gasteiger partial charge in [-0.25, -0.2) is 0 Å². The quantitative estimate of drug-likeness (QED) is 0.373. The smallest absolute Gasteiger partial charge is 0.232 e. The zero-order chi connectivity index (χ0) is 8.91. The lowest BCUT2D eigenvalue weighted by Gasteiger charge is -2.25. The molecule has 0 aromatic carbocycles. The van der Waals surface area contributed by atoms with E-state index >= 15 is 0 Å². The minimum Gasteiger partial charge on any atom is -0.277 e. The third-order valence-corrected chi connectivity index (χ3v) is 1.64. The van der Waals surface area contributed by atoms with E-state index in [-0.39, 0.29) is 0 Å². The van der Waals surface area contributed by atoms with Crippen LogP contribution >= 0.6 is 0 Å². The number of rotatable bonds is 4. The average molecular weight is 154 g/mol. The van der Waals surface area contributed by atoms with E-state index in [0.29, 0.717) is 12.8 Å². The molecule has 1 amide bonds. The summed E-state index contributed by atoms with van der Waals surface area (Å²) in [6.07, 6.45) is 0.824. The van der Waals surface area contributed by atoms with Crippen LogP contribution in [0.15, 0.2) is 5.22 Å². The van der Waals surface area contributed by atoms with Gasteiger partial charge in [-0.2, -0.15) is 15.8 Å². The zero-order valence-electron chi connectivity index (χ0n) is 6.53. The van der Waals surface area contributed by atoms with Gasteiger partial charge in [0.05, 0.1) is 6.07 Å². The maximum Gasteiger partial charge on any atom is 0.232 e. The summed E-state index contributed by atoms with van der Waals surface area (Å²) < 4.78 is 0. The molecule has 0 heterocycles. The van der Waals surface area contributed by atoms with Gasteiger partial charge in [0.15, 0.2) is 5.54 Å². The highest BCUT2D eigenvalue weighted by molar-refractivity contribution is 5.49. The van der Waals surface area contributed by atoms with E-state index in [2.05, 4.69) is 5.22 Å². The molecular formula is C6H10N4O. The van der Waals surface area contributed by atoms with Crippen molar-refractivity contribution in [1.82, 2.24) is 5.01 Å². The highest BCUT2D eigenvalue weighted by Crippen LogP contribution is 2.16. The van der Waals surface area contributed by atoms with E-state index in [9.17, 15) is 4.79 Å². The van der Waals surface area contributed by atoms with Gasteiger partial charge in [-0.15, -0.1) is 0 Å². The first-order valence-corrected chi connectivity index (χ1v) is 3.18. The molecule has 60 valence electrons. The molecule has 0 saturated carbocycles. The van der Waals surface area contributed by atoms with Crippen molar-refractivity contribution in [3.8, 4) is 6.07 Å². The largest absolute Gasteiger partial charge is 0.277 e. The fourth-order valence-electron chi connectivity index (χ4n) is 0.543. The molecule has 0 rings (SSSR count). The Morgan fingerprint density at radius 1 is 1.91 bits per heavy atom. The molecule has 11 heavy (non-hydrogen) atoms. The number of amides is 1. The number of hydrogen-bond donors (Lipinski definition) is 1. The van der Waals surface area contributed by atoms with Gasteiger partial charge in [0.25, 0.3) is 0 Å². The van der Waals surface area contributed by atoms with Crippen LogP contribution in [0.5, 0.6) is 0 Å². The molecule has 0 aliphatic carbocycles. The lowest BCUT2D eigenvalue weighted by molar-refractivity contribution is -0.122. The van der Waals surface area contributed by atoms with Crippen molar-refractivity contribution in [2.24, 2.45) is 5.22 Å². The Kier molecular flexibility index (Phi) is 3.18. The highest BCUT2D eigenvalue weighted by Gasteiger charge is 2.29. The summed E-state index contributed by atoms with van der Waals surface area (Å²) in [5, 5.41) is 12.3. The van der Waals surface area contributed by atoms with Crippen molar-refractivity contribution in [2.45, 2.75) is 25.8 Å². The molecule has 0 radical (unpaired) electrons. The van der Waals surface area contributed by atoms with Gasteiger partial charge < -0.3 is 0 Å². The second-order valence-electron chi connectivity index (χ2n) is 2.29. The number of hydrogen-bond acceptors (Lipinski definition) is 4. The maximum atomic E-state index is 10.3. The number of nitrogens with one attached hydrogen (secondary N) is 1. The van der Waals surface area contributed by atoms with Crippen LogP contribution in [0.2, 0.25) is 0 Å². The van der Waals surface area contributed by atoms with Gasteiger partial charge in [-0.1, -0.05) is 12.1 Å². The molecule has 5 heteroatoms. The monoisotopic (exact) mass is 154 g/mol. The summed E-state index contributed by atoms with van der Waals surface area (Å²) in [7, 11) is 0. The Labute approximate surface area is 65.1 Å². The Bertz CT molecular complexity index is 189. The van der Waals surface area contributed by atoms with Crippen LogP contribution in [0.3, 0.4) is 0 Å². The minimum atomic E-state index is -0.983. The van der Waals surface area contributed by atoms with Crippen LogP contribution < -0.4 is 0 Å². The maximum absolute atomic E-state index is 10.3. The van der Waals surface area contributed by atoms with E-state index in [0.717, 1.165) is 5.01 Å². The second kappa shape index (κ2) is 3.66. The van der Waals surface area contributed by atoms with Crippen LogP contribution in [-0.4, -0.2) is 17.0 Å². The molecule has 0 fully saturated rings. The SMILES string of the molecule is CCC(C)(C#N)N(C=O)N=N. The van der Waals surface area contributed by atoms with Gasteiger partial charge in [0.1, 0.15) is 0 Å². The molecule has 1 N–H and O–H groups in total. The van der Waals surface area contributed by atoms with E-state index in [1.54, 1.807) is 13.8 Å². The molecule has 0 spiro atoms. The molecule has 1 unspecified atom stereocenters. The molecule has 0 aliphatic rings. The Balaban J connectivity index is 4.61. The average Bonchev–Trinajstić information content (AvgIpc) is 2.06. The summed E-state index contributed by atoms with van der Waals surface area (Å²) >= 11 is 0. The third-order valence-electron chi connectivity index (χ3n) is 1.64. The van der Waals surface area contributed by atoms with Gasteiger partial charge >= 0.3 is 0 Å². The topological polar surface area (TPSA) is 80.3 Å². The molecular weight excluding hydrogens is 144 g/mol. The normalized spacial score (nSPS) is 14.3. The molecule has 0 aliphatic heterocycles. The van der Waals surface area contributed by atoms with Crippen molar-refractivity contribution in [1.29, 1.82) is 10.8 Å². The summed E-state index contributed by atoms with van der Waals surface area (Å²) in [5.41, 5.74) is 5.61. The van der Waals surface area contributed by atoms with Crippen molar-refractivity contribution in [3.63, 3.8) is 0 Å². The van der Waals surface area contributed by atoms with Gasteiger partial charge in [0, 0.05) is 0 Å². The lowest BCUT2D eigenvalue weighted by Crippen LogP contribution is -2.39. The predicted molar refractivity (Wildman–Crippen MR) is 37.4 cm³/mol. The van der Waals surface area contributed by atoms with Crippen molar-refractivity contribution in [3.05, 3.63) is 0 Å². The van der Waals surface area contributed by atoms with Crippen molar-refractivity contribution >= 4 is 6.41 Å². The Morgan fingerprint density at radius 3 is 2.55 bits per heavy atom. The number of nitriles is 1. The summed E-state index contributed by atoms with van der Waals surface area (Å²) in [5.74, 6) is 0. The van der Waals surface area contributed by atoms with E-state index in [1.807, 2.05) is 6.07 Å². The molecule has 0 saturated heterocycles. The lowest BCUT2D eigenvalue weighted by atomic mass is 10.0. The van der Waals surface area contributed by atoms with Gasteiger partial charge in [-0.3, -0.25) is 4.79 Å². The Hall–Kier alpha value is -1.44. The predicted octanol–water partition coefficient (Wildman–Crippen LogP) is 1.08. The first-order chi connectivity index (χ1) is 5.14. The van der Waals surface area contributed by atoms with Crippen LogP contribution in [0, 0.1) is 16.9 Å². The summed E-state index contributed by atoms with van der Waals surface area (Å²) in [6.45, 7) is 3.31. The highest BCUT2D eigenvalue weighted by atomic mass is 16.1. The molecule has 0 aromatic heterocycles. The number of carbonyl (C=O) groups is 1. The van der Waals surface area contributed by atoms with Gasteiger partial charge in [0.2, 0.25) is 6.41 Å². The van der Waals surface area contributed by atoms with Crippen LogP contribution in [-0.2, 0) is 4.79 Å². The molecule has 0 bridgehead atoms. The minimum absolute atomic E-state index is 0.375. The summed E-state index contributed by atoms with van der Waals surface area (Å²) in [6, 6.07) is 1.91. The zero-order valence-corrected chi connectivity index (χ0v) is 6.53. The first kappa shape index (κ1) is 9.56. The first-order valence-electron chi connectivity index (χ1n) is 3.18. The van der Waals surface area contributed by atoms with E-state index in [1.165, 1.54) is 0 Å². The fraction of sp³-hybridized carbons (Fsp3) is 0.667. The van der Waals surface area contributed by atoms with Crippen LogP contribution in [0.4, 0.5) is 0 Å². The second-order valence-corrected chi connectivity index (χ2v) is 2.29. The molecule has 0 aromatic rings. The third kappa shape index (κ3) is 1.74. The number of carbonyl (C=O) groups excluding carboxylic acids is 1. The standard InChI is InChI=1S/C6H10N4O/c1-3-6(2,4-7)10(5-11)9-8/h5,8H,3H2,1-2H3. The Morgan fingerprint density at radius 2 is 2.45 bits per heavy atom. The van der Waals surface area contributed by atoms with Gasteiger partial charge in [-0.05, 0) is 13.3 Å². The number of nitrogens with zero attached hydrogens (tertiary/aromatic N) is 3. The van der Waals surface area contributed by atoms with Crippen molar-refractivity contribution in [2.75, 3.05) is 0 Å². The van der Waals surface area contributed by atoms with E-state index < -0.39 is 5.54 Å².